The first-order valence-electron chi connectivity index (χ1n) is 9.43. The van der Waals surface area contributed by atoms with Crippen molar-refractivity contribution in [3.8, 4) is 0 Å². The number of carbonyl (C=O) groups is 1. The molecule has 0 saturated carbocycles. The third-order valence-corrected chi connectivity index (χ3v) is 4.46. The Morgan fingerprint density at radius 2 is 2.03 bits per heavy atom. The maximum absolute atomic E-state index is 12.2. The highest BCUT2D eigenvalue weighted by atomic mass is 127. The van der Waals surface area contributed by atoms with Gasteiger partial charge in [0.25, 0.3) is 0 Å². The summed E-state index contributed by atoms with van der Waals surface area (Å²) in [5.74, 6) is 1.23. The summed E-state index contributed by atoms with van der Waals surface area (Å²) in [5, 5.41) is 18.0. The number of amides is 1. The molecule has 0 spiro atoms. The lowest BCUT2D eigenvalue weighted by Gasteiger charge is -2.12. The molecule has 0 aliphatic heterocycles. The Morgan fingerprint density at radius 1 is 1.20 bits per heavy atom. The van der Waals surface area contributed by atoms with E-state index < -0.39 is 0 Å². The molecule has 8 nitrogen and oxygen atoms in total. The third kappa shape index (κ3) is 6.56. The molecule has 3 aromatic rings. The number of aliphatic imine (C=N–C) groups is 1. The fraction of sp³-hybridized carbons (Fsp3) is 0.300. The van der Waals surface area contributed by atoms with Crippen LogP contribution in [0.25, 0.3) is 5.65 Å². The Morgan fingerprint density at radius 3 is 2.80 bits per heavy atom. The van der Waals surface area contributed by atoms with Gasteiger partial charge in [-0.3, -0.25) is 9.20 Å². The zero-order valence-corrected chi connectivity index (χ0v) is 19.9. The second-order valence-corrected chi connectivity index (χ2v) is 6.86. The van der Waals surface area contributed by atoms with Crippen molar-refractivity contribution < 1.29 is 4.79 Å². The second kappa shape index (κ2) is 11.7. The normalized spacial score (nSPS) is 11.1. The van der Waals surface area contributed by atoms with E-state index in [9.17, 15) is 4.79 Å². The number of guanidine groups is 1. The van der Waals surface area contributed by atoms with Crippen LogP contribution in [0.3, 0.4) is 0 Å². The molecule has 0 aliphatic rings. The van der Waals surface area contributed by atoms with Gasteiger partial charge in [-0.1, -0.05) is 23.7 Å². The van der Waals surface area contributed by atoms with E-state index in [1.807, 2.05) is 54.8 Å². The van der Waals surface area contributed by atoms with Crippen molar-refractivity contribution in [3.05, 3.63) is 59.0 Å². The Labute approximate surface area is 197 Å². The average molecular weight is 542 g/mol. The first kappa shape index (κ1) is 23.9. The molecule has 0 saturated heterocycles. The molecule has 1 amide bonds. The monoisotopic (exact) mass is 541 g/mol. The van der Waals surface area contributed by atoms with Crippen LogP contribution in [0.4, 0.5) is 5.69 Å². The molecule has 0 bridgehead atoms. The minimum absolute atomic E-state index is 0. The Bertz CT molecular complexity index is 1020. The number of halogens is 2. The molecule has 2 heterocycles. The number of carbonyl (C=O) groups excluding carboxylic acids is 1. The number of aromatic nitrogens is 3. The maximum atomic E-state index is 12.2. The standard InChI is InChI=1S/C20H24ClN7O.HI/c1-3-22-20(24-13-18-27-26-17-6-4-5-11-28(17)18)23-10-9-19(29)25-16-8-7-14(2)12-15(16)21;/h4-8,11-12H,3,9-10,13H2,1-2H3,(H,25,29)(H2,22,23,24);1H. The number of nitrogens with zero attached hydrogens (tertiary/aromatic N) is 4. The van der Waals surface area contributed by atoms with Gasteiger partial charge in [-0.15, -0.1) is 34.2 Å². The second-order valence-electron chi connectivity index (χ2n) is 6.45. The molecule has 0 radical (unpaired) electrons. The van der Waals surface area contributed by atoms with Crippen LogP contribution in [0, 0.1) is 6.92 Å². The van der Waals surface area contributed by atoms with Crippen LogP contribution in [0.5, 0.6) is 0 Å². The van der Waals surface area contributed by atoms with Crippen molar-refractivity contribution >= 4 is 58.8 Å². The van der Waals surface area contributed by atoms with E-state index in [1.54, 1.807) is 6.07 Å². The van der Waals surface area contributed by atoms with Crippen LogP contribution >= 0.6 is 35.6 Å². The minimum atomic E-state index is -0.123. The quantitative estimate of drug-likeness (QED) is 0.242. The lowest BCUT2D eigenvalue weighted by atomic mass is 10.2. The molecule has 2 aromatic heterocycles. The summed E-state index contributed by atoms with van der Waals surface area (Å²) < 4.78 is 1.89. The third-order valence-electron chi connectivity index (χ3n) is 4.15. The zero-order valence-electron chi connectivity index (χ0n) is 16.9. The van der Waals surface area contributed by atoms with E-state index in [0.717, 1.165) is 17.0 Å². The number of rotatable bonds is 7. The van der Waals surface area contributed by atoms with Crippen molar-refractivity contribution in [3.63, 3.8) is 0 Å². The first-order valence-corrected chi connectivity index (χ1v) is 9.81. The van der Waals surface area contributed by atoms with Gasteiger partial charge in [0.2, 0.25) is 5.91 Å². The Balaban J connectivity index is 0.00000320. The number of aryl methyl sites for hydroxylation is 1. The van der Waals surface area contributed by atoms with Crippen molar-refractivity contribution in [2.45, 2.75) is 26.8 Å². The molecular formula is C20H25ClIN7O. The van der Waals surface area contributed by atoms with Gasteiger partial charge < -0.3 is 16.0 Å². The van der Waals surface area contributed by atoms with Crippen LogP contribution in [0.1, 0.15) is 24.7 Å². The van der Waals surface area contributed by atoms with Crippen molar-refractivity contribution in [1.29, 1.82) is 0 Å². The van der Waals surface area contributed by atoms with E-state index in [4.69, 9.17) is 11.6 Å². The van der Waals surface area contributed by atoms with Crippen molar-refractivity contribution in [2.75, 3.05) is 18.4 Å². The van der Waals surface area contributed by atoms with Crippen LogP contribution in [-0.4, -0.2) is 39.6 Å². The molecule has 0 aliphatic carbocycles. The van der Waals surface area contributed by atoms with Crippen LogP contribution in [-0.2, 0) is 11.3 Å². The summed E-state index contributed by atoms with van der Waals surface area (Å²) in [6.07, 6.45) is 2.18. The van der Waals surface area contributed by atoms with Gasteiger partial charge in [0, 0.05) is 25.7 Å². The maximum Gasteiger partial charge on any atom is 0.226 e. The van der Waals surface area contributed by atoms with Gasteiger partial charge in [0.15, 0.2) is 17.4 Å². The highest BCUT2D eigenvalue weighted by molar-refractivity contribution is 14.0. The largest absolute Gasteiger partial charge is 0.357 e. The van der Waals surface area contributed by atoms with Gasteiger partial charge in [-0.2, -0.15) is 0 Å². The fourth-order valence-electron chi connectivity index (χ4n) is 2.72. The van der Waals surface area contributed by atoms with Crippen LogP contribution in [0.2, 0.25) is 5.02 Å². The number of pyridine rings is 1. The smallest absolute Gasteiger partial charge is 0.226 e. The summed E-state index contributed by atoms with van der Waals surface area (Å²) in [5.41, 5.74) is 2.44. The molecular weight excluding hydrogens is 517 g/mol. The van der Waals surface area contributed by atoms with E-state index in [0.29, 0.717) is 36.3 Å². The van der Waals surface area contributed by atoms with E-state index in [2.05, 4.69) is 31.1 Å². The van der Waals surface area contributed by atoms with Gasteiger partial charge in [-0.25, -0.2) is 4.99 Å². The molecule has 0 fully saturated rings. The number of hydrogen-bond acceptors (Lipinski definition) is 4. The summed E-state index contributed by atoms with van der Waals surface area (Å²) >= 11 is 6.16. The van der Waals surface area contributed by atoms with Crippen molar-refractivity contribution in [2.24, 2.45) is 4.99 Å². The van der Waals surface area contributed by atoms with E-state index >= 15 is 0 Å². The van der Waals surface area contributed by atoms with Crippen LogP contribution in [0.15, 0.2) is 47.6 Å². The van der Waals surface area contributed by atoms with Gasteiger partial charge >= 0.3 is 0 Å². The summed E-state index contributed by atoms with van der Waals surface area (Å²) in [6, 6.07) is 11.3. The van der Waals surface area contributed by atoms with Gasteiger partial charge in [-0.05, 0) is 43.7 Å². The fourth-order valence-corrected chi connectivity index (χ4v) is 3.00. The number of anilines is 1. The number of fused-ring (bicyclic) bond motifs is 1. The van der Waals surface area contributed by atoms with E-state index in [-0.39, 0.29) is 36.3 Å². The lowest BCUT2D eigenvalue weighted by molar-refractivity contribution is -0.116. The summed E-state index contributed by atoms with van der Waals surface area (Å²) in [6.45, 7) is 5.44. The zero-order chi connectivity index (χ0) is 20.6. The van der Waals surface area contributed by atoms with Gasteiger partial charge in [0.1, 0.15) is 6.54 Å². The van der Waals surface area contributed by atoms with Gasteiger partial charge in [0.05, 0.1) is 10.7 Å². The predicted octanol–water partition coefficient (Wildman–Crippen LogP) is 3.39. The molecule has 160 valence electrons. The van der Waals surface area contributed by atoms with Crippen molar-refractivity contribution in [1.82, 2.24) is 25.2 Å². The van der Waals surface area contributed by atoms with Crippen LogP contribution < -0.4 is 16.0 Å². The topological polar surface area (TPSA) is 95.7 Å². The predicted molar refractivity (Wildman–Crippen MR) is 131 cm³/mol. The average Bonchev–Trinajstić information content (AvgIpc) is 3.11. The van der Waals surface area contributed by atoms with E-state index in [1.165, 1.54) is 0 Å². The summed E-state index contributed by atoms with van der Waals surface area (Å²) in [7, 11) is 0. The number of nitrogens with one attached hydrogen (secondary N) is 3. The molecule has 3 rings (SSSR count). The Hall–Kier alpha value is -2.40. The minimum Gasteiger partial charge on any atom is -0.357 e. The first-order chi connectivity index (χ1) is 14.1. The number of hydrogen-bond donors (Lipinski definition) is 3. The lowest BCUT2D eigenvalue weighted by Crippen LogP contribution is -2.38. The molecule has 3 N–H and O–H groups in total. The molecule has 0 atom stereocenters. The summed E-state index contributed by atoms with van der Waals surface area (Å²) in [4.78, 5) is 16.7. The number of benzene rings is 1. The molecule has 10 heteroatoms. The molecule has 1 aromatic carbocycles. The Kier molecular flexibility index (Phi) is 9.31. The SMILES string of the molecule is CCNC(=NCc1nnc2ccccn12)NCCC(=O)Nc1ccc(C)cc1Cl.I. The highest BCUT2D eigenvalue weighted by Gasteiger charge is 2.08. The highest BCUT2D eigenvalue weighted by Crippen LogP contribution is 2.22. The molecule has 0 unspecified atom stereocenters. The molecule has 30 heavy (non-hydrogen) atoms.